The monoisotopic (exact) mass is 548 g/mol. The number of nitrogens with zero attached hydrogens (tertiary/aromatic N) is 5. The van der Waals surface area contributed by atoms with Crippen molar-refractivity contribution in [2.75, 3.05) is 58.0 Å². The number of hydrogen-bond acceptors (Lipinski definition) is 9. The minimum atomic E-state index is -0.410. The Morgan fingerprint density at radius 2 is 2.12 bits per heavy atom. The van der Waals surface area contributed by atoms with Gasteiger partial charge in [-0.15, -0.1) is 0 Å². The Morgan fingerprint density at radius 3 is 2.90 bits per heavy atom. The molecule has 3 heterocycles. The highest BCUT2D eigenvalue weighted by Gasteiger charge is 2.32. The first-order valence-corrected chi connectivity index (χ1v) is 13.7. The Morgan fingerprint density at radius 1 is 1.27 bits per heavy atom. The number of rotatable bonds is 13. The molecule has 0 saturated carbocycles. The number of anilines is 3. The molecule has 1 aliphatic heterocycles. The second-order valence-corrected chi connectivity index (χ2v) is 9.65. The molecule has 3 rings (SSSR count). The summed E-state index contributed by atoms with van der Waals surface area (Å²) in [5.41, 5.74) is 1.47. The zero-order valence-electron chi connectivity index (χ0n) is 23.9. The number of likely N-dealkylation sites (N-methyl/N-ethyl adjacent to an activating group) is 1. The third-order valence-corrected chi connectivity index (χ3v) is 6.10. The first-order chi connectivity index (χ1) is 19.4. The van der Waals surface area contributed by atoms with Gasteiger partial charge in [-0.2, -0.15) is 4.98 Å². The summed E-state index contributed by atoms with van der Waals surface area (Å²) in [6.07, 6.45) is 10.5. The number of likely N-dealkylation sites (tertiary alicyclic amines) is 1. The number of ether oxygens (including phenoxy) is 1. The van der Waals surface area contributed by atoms with Crippen LogP contribution in [0.5, 0.6) is 5.88 Å². The van der Waals surface area contributed by atoms with E-state index in [4.69, 9.17) is 4.74 Å². The van der Waals surface area contributed by atoms with Crippen LogP contribution in [-0.2, 0) is 9.59 Å². The summed E-state index contributed by atoms with van der Waals surface area (Å²) in [7, 11) is 5.45. The molecule has 40 heavy (non-hydrogen) atoms. The standard InChI is InChI=1S/C29H40N8O3/c1-5-15-31-27-22(21-33-29(35-27)34-23-14-17-30-25(20-23)40-4)11-7-6-8-16-32-28(39)24-12-9-19-37(24)26(38)13-10-18-36(2)3/h10,13-14,17,20-21,24H,5-6,8-9,12,15-16,18-19H2,1-4H3,(H,32,39)(H2,30,31,33,34,35). The summed E-state index contributed by atoms with van der Waals surface area (Å²) >= 11 is 0. The zero-order valence-corrected chi connectivity index (χ0v) is 23.9. The molecule has 1 fully saturated rings. The van der Waals surface area contributed by atoms with E-state index in [1.54, 1.807) is 36.5 Å². The fourth-order valence-electron chi connectivity index (χ4n) is 4.07. The van der Waals surface area contributed by atoms with E-state index in [-0.39, 0.29) is 11.8 Å². The summed E-state index contributed by atoms with van der Waals surface area (Å²) < 4.78 is 5.17. The van der Waals surface area contributed by atoms with Crippen LogP contribution in [0, 0.1) is 11.8 Å². The predicted octanol–water partition coefficient (Wildman–Crippen LogP) is 2.80. The number of carbonyl (C=O) groups is 2. The molecule has 11 heteroatoms. The second-order valence-electron chi connectivity index (χ2n) is 9.65. The topological polar surface area (TPSA) is 125 Å². The number of aromatic nitrogens is 3. The Balaban J connectivity index is 1.51. The normalized spacial score (nSPS) is 14.6. The molecule has 2 aromatic heterocycles. The molecule has 2 amide bonds. The maximum Gasteiger partial charge on any atom is 0.246 e. The third kappa shape index (κ3) is 9.54. The Kier molecular flexibility index (Phi) is 12.2. The molecule has 214 valence electrons. The van der Waals surface area contributed by atoms with E-state index in [9.17, 15) is 9.59 Å². The molecular weight excluding hydrogens is 508 g/mol. The number of carbonyl (C=O) groups excluding carboxylic acids is 2. The van der Waals surface area contributed by atoms with Gasteiger partial charge in [0.15, 0.2) is 0 Å². The molecule has 2 aromatic rings. The number of pyridine rings is 1. The van der Waals surface area contributed by atoms with Crippen LogP contribution in [0.2, 0.25) is 0 Å². The maximum absolute atomic E-state index is 12.7. The Labute approximate surface area is 236 Å². The van der Waals surface area contributed by atoms with Crippen molar-refractivity contribution in [2.24, 2.45) is 0 Å². The van der Waals surface area contributed by atoms with Crippen molar-refractivity contribution in [2.45, 2.75) is 45.1 Å². The lowest BCUT2D eigenvalue weighted by atomic mass is 10.2. The molecule has 0 bridgehead atoms. The molecule has 3 N–H and O–H groups in total. The zero-order chi connectivity index (χ0) is 28.7. The van der Waals surface area contributed by atoms with Crippen molar-refractivity contribution in [1.82, 2.24) is 30.1 Å². The van der Waals surface area contributed by atoms with Crippen LogP contribution in [0.15, 0.2) is 36.7 Å². The lowest BCUT2D eigenvalue weighted by Gasteiger charge is -2.22. The van der Waals surface area contributed by atoms with Crippen molar-refractivity contribution < 1.29 is 14.3 Å². The summed E-state index contributed by atoms with van der Waals surface area (Å²) in [6, 6.07) is 3.16. The Bertz CT molecular complexity index is 1220. The number of nitrogens with one attached hydrogen (secondary N) is 3. The van der Waals surface area contributed by atoms with Crippen LogP contribution >= 0.6 is 0 Å². The highest BCUT2D eigenvalue weighted by Crippen LogP contribution is 2.20. The summed E-state index contributed by atoms with van der Waals surface area (Å²) in [5.74, 6) is 7.69. The molecule has 0 spiro atoms. The molecule has 0 aromatic carbocycles. The quantitative estimate of drug-likeness (QED) is 0.197. The number of methoxy groups -OCH3 is 1. The van der Waals surface area contributed by atoms with E-state index in [2.05, 4.69) is 49.7 Å². The molecule has 0 aliphatic carbocycles. The smallest absolute Gasteiger partial charge is 0.246 e. The first kappa shape index (κ1) is 30.4. The fourth-order valence-corrected chi connectivity index (χ4v) is 4.07. The lowest BCUT2D eigenvalue weighted by Crippen LogP contribution is -2.45. The van der Waals surface area contributed by atoms with Crippen LogP contribution in [0.1, 0.15) is 44.6 Å². The van der Waals surface area contributed by atoms with Gasteiger partial charge in [-0.05, 0) is 45.8 Å². The van der Waals surface area contributed by atoms with Crippen LogP contribution in [0.3, 0.4) is 0 Å². The van der Waals surface area contributed by atoms with Crippen molar-refractivity contribution in [3.05, 3.63) is 42.2 Å². The number of amides is 2. The van der Waals surface area contributed by atoms with Gasteiger partial charge in [0, 0.05) is 56.6 Å². The van der Waals surface area contributed by atoms with Gasteiger partial charge < -0.3 is 30.5 Å². The van der Waals surface area contributed by atoms with Gasteiger partial charge in [0.25, 0.3) is 0 Å². The third-order valence-electron chi connectivity index (χ3n) is 6.10. The highest BCUT2D eigenvalue weighted by atomic mass is 16.5. The maximum atomic E-state index is 12.7. The minimum Gasteiger partial charge on any atom is -0.481 e. The molecule has 0 radical (unpaired) electrons. The van der Waals surface area contributed by atoms with Gasteiger partial charge >= 0.3 is 0 Å². The minimum absolute atomic E-state index is 0.103. The van der Waals surface area contributed by atoms with Crippen LogP contribution in [-0.4, -0.2) is 90.0 Å². The largest absolute Gasteiger partial charge is 0.481 e. The van der Waals surface area contributed by atoms with Crippen LogP contribution in [0.4, 0.5) is 17.5 Å². The van der Waals surface area contributed by atoms with Gasteiger partial charge in [-0.25, -0.2) is 9.97 Å². The lowest BCUT2D eigenvalue weighted by molar-refractivity contribution is -0.135. The first-order valence-electron chi connectivity index (χ1n) is 13.7. The average Bonchev–Trinajstić information content (AvgIpc) is 3.45. The predicted molar refractivity (Wildman–Crippen MR) is 156 cm³/mol. The van der Waals surface area contributed by atoms with E-state index >= 15 is 0 Å². The SMILES string of the molecule is CCCNc1nc(Nc2ccnc(OC)c2)ncc1C#CCCCNC(=O)C1CCCN1C(=O)C=CCN(C)C. The molecule has 1 unspecified atom stereocenters. The van der Waals surface area contributed by atoms with Gasteiger partial charge in [-0.1, -0.05) is 24.8 Å². The molecule has 1 atom stereocenters. The van der Waals surface area contributed by atoms with E-state index in [0.717, 1.165) is 25.1 Å². The van der Waals surface area contributed by atoms with Gasteiger partial charge in [0.2, 0.25) is 23.6 Å². The van der Waals surface area contributed by atoms with Crippen molar-refractivity contribution in [1.29, 1.82) is 0 Å². The highest BCUT2D eigenvalue weighted by molar-refractivity contribution is 5.93. The number of unbranched alkanes of at least 4 members (excludes halogenated alkanes) is 1. The molecule has 1 saturated heterocycles. The second kappa shape index (κ2) is 16.1. The van der Waals surface area contributed by atoms with Gasteiger partial charge in [0.1, 0.15) is 11.9 Å². The molecule has 11 nitrogen and oxygen atoms in total. The van der Waals surface area contributed by atoms with E-state index in [1.807, 2.05) is 31.1 Å². The average molecular weight is 549 g/mol. The van der Waals surface area contributed by atoms with Crippen LogP contribution in [0.25, 0.3) is 0 Å². The van der Waals surface area contributed by atoms with Crippen molar-refractivity contribution in [3.63, 3.8) is 0 Å². The van der Waals surface area contributed by atoms with Crippen LogP contribution < -0.4 is 20.7 Å². The Hall–Kier alpha value is -4.17. The summed E-state index contributed by atoms with van der Waals surface area (Å²) in [6.45, 7) is 4.63. The van der Waals surface area contributed by atoms with Gasteiger partial charge in [-0.3, -0.25) is 9.59 Å². The van der Waals surface area contributed by atoms with E-state index in [0.29, 0.717) is 62.1 Å². The molecular formula is C29H40N8O3. The molecule has 1 aliphatic rings. The summed E-state index contributed by atoms with van der Waals surface area (Å²) in [4.78, 5) is 42.0. The van der Waals surface area contributed by atoms with E-state index < -0.39 is 6.04 Å². The number of hydrogen-bond donors (Lipinski definition) is 3. The van der Waals surface area contributed by atoms with Crippen molar-refractivity contribution in [3.8, 4) is 17.7 Å². The summed E-state index contributed by atoms with van der Waals surface area (Å²) in [5, 5.41) is 9.45. The van der Waals surface area contributed by atoms with E-state index in [1.165, 1.54) is 0 Å². The van der Waals surface area contributed by atoms with Gasteiger partial charge in [0.05, 0.1) is 18.9 Å². The van der Waals surface area contributed by atoms with Crippen molar-refractivity contribution >= 4 is 29.3 Å². The fraction of sp³-hybridized carbons (Fsp3) is 0.483.